The van der Waals surface area contributed by atoms with Crippen molar-refractivity contribution >= 4 is 10.1 Å². The van der Waals surface area contributed by atoms with E-state index >= 15 is 0 Å². The third-order valence-corrected chi connectivity index (χ3v) is 6.26. The zero-order valence-electron chi connectivity index (χ0n) is 19.0. The van der Waals surface area contributed by atoms with Crippen LogP contribution in [0.15, 0.2) is 18.2 Å². The van der Waals surface area contributed by atoms with E-state index in [2.05, 4.69) is 13.8 Å². The summed E-state index contributed by atoms with van der Waals surface area (Å²) in [6.45, 7) is 6.08. The zero-order chi connectivity index (χ0) is 20.8. The van der Waals surface area contributed by atoms with Crippen molar-refractivity contribution in [3.8, 4) is 5.75 Å². The van der Waals surface area contributed by atoms with Gasteiger partial charge in [0.25, 0.3) is 0 Å². The van der Waals surface area contributed by atoms with Crippen LogP contribution < -0.4 is 34.3 Å². The Kier molecular flexibility index (Phi) is 16.6. The molecule has 0 aromatic heterocycles. The van der Waals surface area contributed by atoms with E-state index in [9.17, 15) is 13.0 Å². The van der Waals surface area contributed by atoms with E-state index in [-0.39, 0.29) is 36.0 Å². The Labute approximate surface area is 201 Å². The van der Waals surface area contributed by atoms with Crippen LogP contribution in [0.4, 0.5) is 0 Å². The molecule has 4 nitrogen and oxygen atoms in total. The largest absolute Gasteiger partial charge is 1.00 e. The Balaban J connectivity index is 0.00000784. The van der Waals surface area contributed by atoms with Crippen molar-refractivity contribution in [1.29, 1.82) is 0 Å². The molecule has 0 saturated heterocycles. The van der Waals surface area contributed by atoms with Crippen molar-refractivity contribution in [3.05, 3.63) is 29.3 Å². The minimum Gasteiger partial charge on any atom is -0.745 e. The Hall–Kier alpha value is -0.0700. The van der Waals surface area contributed by atoms with Gasteiger partial charge >= 0.3 is 29.6 Å². The molecule has 0 aliphatic rings. The molecule has 0 radical (unpaired) electrons. The summed E-state index contributed by atoms with van der Waals surface area (Å²) in [5.41, 5.74) is 0.752. The van der Waals surface area contributed by atoms with Crippen molar-refractivity contribution in [2.45, 2.75) is 110 Å². The second-order valence-corrected chi connectivity index (χ2v) is 9.19. The first kappa shape index (κ1) is 28.9. The summed E-state index contributed by atoms with van der Waals surface area (Å²) < 4.78 is 40.6. The molecule has 1 aromatic rings. The Morgan fingerprint density at radius 1 is 0.828 bits per heavy atom. The normalized spacial score (nSPS) is 12.4. The fraction of sp³-hybridized carbons (Fsp3) is 0.739. The summed E-state index contributed by atoms with van der Waals surface area (Å²) in [4.78, 5) is 0. The molecule has 0 heterocycles. The van der Waals surface area contributed by atoms with Crippen molar-refractivity contribution in [2.24, 2.45) is 0 Å². The topological polar surface area (TPSA) is 66.4 Å². The molecule has 1 rings (SSSR count). The van der Waals surface area contributed by atoms with Gasteiger partial charge in [-0.15, -0.1) is 0 Å². The second-order valence-electron chi connectivity index (χ2n) is 7.68. The second kappa shape index (κ2) is 16.6. The van der Waals surface area contributed by atoms with Crippen LogP contribution in [-0.2, 0) is 23.0 Å². The summed E-state index contributed by atoms with van der Waals surface area (Å²) in [6.07, 6.45) is 13.6. The van der Waals surface area contributed by atoms with Crippen molar-refractivity contribution < 1.29 is 47.3 Å². The minimum atomic E-state index is -4.48. The van der Waals surface area contributed by atoms with Crippen LogP contribution in [0.25, 0.3) is 0 Å². The van der Waals surface area contributed by atoms with E-state index in [4.69, 9.17) is 4.74 Å². The van der Waals surface area contributed by atoms with Gasteiger partial charge in [-0.2, -0.15) is 0 Å². The van der Waals surface area contributed by atoms with Gasteiger partial charge in [0.2, 0.25) is 0 Å². The molecule has 0 saturated carbocycles. The molecule has 29 heavy (non-hydrogen) atoms. The van der Waals surface area contributed by atoms with Gasteiger partial charge in [0.05, 0.1) is 0 Å². The molecule has 162 valence electrons. The summed E-state index contributed by atoms with van der Waals surface area (Å²) in [5, 5.41) is 0. The van der Waals surface area contributed by atoms with Gasteiger partial charge in [-0.05, 0) is 43.2 Å². The third-order valence-electron chi connectivity index (χ3n) is 5.18. The van der Waals surface area contributed by atoms with Gasteiger partial charge in [0, 0.05) is 0 Å². The number of rotatable bonds is 16. The Morgan fingerprint density at radius 2 is 1.28 bits per heavy atom. The molecule has 0 amide bonds. The van der Waals surface area contributed by atoms with E-state index in [0.717, 1.165) is 49.7 Å². The zero-order valence-corrected chi connectivity index (χ0v) is 21.9. The van der Waals surface area contributed by atoms with E-state index < -0.39 is 15.6 Å². The average molecular weight is 435 g/mol. The molecule has 0 spiro atoms. The summed E-state index contributed by atoms with van der Waals surface area (Å²) >= 11 is 0. The number of benzene rings is 1. The molecule has 0 fully saturated rings. The fourth-order valence-electron chi connectivity index (χ4n) is 3.50. The number of hydrogen-bond acceptors (Lipinski definition) is 4. The first-order valence-electron chi connectivity index (χ1n) is 11.2. The predicted molar refractivity (Wildman–Crippen MR) is 116 cm³/mol. The van der Waals surface area contributed by atoms with Gasteiger partial charge in [-0.1, -0.05) is 90.3 Å². The molecule has 0 aliphatic heterocycles. The van der Waals surface area contributed by atoms with E-state index in [1.165, 1.54) is 38.5 Å². The summed E-state index contributed by atoms with van der Waals surface area (Å²) in [5.74, 6) is 0.639. The fourth-order valence-corrected chi connectivity index (χ4v) is 4.12. The monoisotopic (exact) mass is 434 g/mol. The van der Waals surface area contributed by atoms with Crippen LogP contribution in [0, 0.1) is 0 Å². The molecule has 6 heteroatoms. The molecular weight excluding hydrogens is 395 g/mol. The molecular formula is C23H39NaO4S. The maximum absolute atomic E-state index is 11.6. The van der Waals surface area contributed by atoms with E-state index in [1.54, 1.807) is 6.92 Å². The van der Waals surface area contributed by atoms with Gasteiger partial charge in [0.15, 0.2) is 5.44 Å². The number of aryl methyl sites for hydroxylation is 2. The van der Waals surface area contributed by atoms with Crippen molar-refractivity contribution in [1.82, 2.24) is 0 Å². The summed E-state index contributed by atoms with van der Waals surface area (Å²) in [7, 11) is -4.48. The molecule has 1 unspecified atom stereocenters. The first-order chi connectivity index (χ1) is 13.4. The number of hydrogen-bond donors (Lipinski definition) is 0. The van der Waals surface area contributed by atoms with Crippen LogP contribution in [0.3, 0.4) is 0 Å². The van der Waals surface area contributed by atoms with Crippen LogP contribution in [0.1, 0.15) is 103 Å². The molecule has 1 atom stereocenters. The Morgan fingerprint density at radius 3 is 1.66 bits per heavy atom. The van der Waals surface area contributed by atoms with Gasteiger partial charge in [0.1, 0.15) is 15.9 Å². The minimum absolute atomic E-state index is 0. The third kappa shape index (κ3) is 11.8. The number of ether oxygens (including phenoxy) is 1. The molecule has 0 N–H and O–H groups in total. The SMILES string of the molecule is CCCCCCCc1cccc(CCCCCCC)c1OC(CC)S(=O)(=O)[O-].[Na+]. The van der Waals surface area contributed by atoms with E-state index in [0.29, 0.717) is 5.75 Å². The maximum Gasteiger partial charge on any atom is 1.00 e. The van der Waals surface area contributed by atoms with Crippen LogP contribution in [0.2, 0.25) is 0 Å². The van der Waals surface area contributed by atoms with Gasteiger partial charge in [-0.3, -0.25) is 0 Å². The van der Waals surface area contributed by atoms with Crippen LogP contribution >= 0.6 is 0 Å². The predicted octanol–water partition coefficient (Wildman–Crippen LogP) is 3.38. The average Bonchev–Trinajstić information content (AvgIpc) is 2.65. The molecule has 0 bridgehead atoms. The van der Waals surface area contributed by atoms with Crippen LogP contribution in [0.5, 0.6) is 5.75 Å². The quantitative estimate of drug-likeness (QED) is 0.227. The standard InChI is InChI=1S/C23H40O4S.Na/c1-4-7-9-11-13-16-20-18-15-19-21(17-14-12-10-8-5-2)23(20)27-22(6-3)28(24,25)26;/h15,18-19,22H,4-14,16-17H2,1-3H3,(H,24,25,26);/q;+1/p-1. The Bertz CT molecular complexity index is 614. The van der Waals surface area contributed by atoms with Crippen molar-refractivity contribution in [3.63, 3.8) is 0 Å². The van der Waals surface area contributed by atoms with Crippen LogP contribution in [-0.4, -0.2) is 18.4 Å². The number of unbranched alkanes of at least 4 members (excludes halogenated alkanes) is 8. The number of para-hydroxylation sites is 1. The summed E-state index contributed by atoms with van der Waals surface area (Å²) in [6, 6.07) is 6.06. The first-order valence-corrected chi connectivity index (χ1v) is 12.6. The maximum atomic E-state index is 11.6. The van der Waals surface area contributed by atoms with E-state index in [1.807, 2.05) is 18.2 Å². The van der Waals surface area contributed by atoms with Gasteiger partial charge in [-0.25, -0.2) is 8.42 Å². The smallest absolute Gasteiger partial charge is 0.745 e. The molecule has 0 aliphatic carbocycles. The van der Waals surface area contributed by atoms with Gasteiger partial charge < -0.3 is 9.29 Å². The molecule has 1 aromatic carbocycles. The van der Waals surface area contributed by atoms with Crippen molar-refractivity contribution in [2.75, 3.05) is 0 Å².